The molecule has 2 aromatic carbocycles. The molecule has 1 N–H and O–H groups in total. The highest BCUT2D eigenvalue weighted by molar-refractivity contribution is 5.94. The monoisotopic (exact) mass is 313 g/mol. The van der Waals surface area contributed by atoms with E-state index in [1.807, 2.05) is 49.3 Å². The fourth-order valence-electron chi connectivity index (χ4n) is 2.30. The lowest BCUT2D eigenvalue weighted by Gasteiger charge is -2.25. The van der Waals surface area contributed by atoms with Crippen molar-refractivity contribution in [1.29, 1.82) is 0 Å². The van der Waals surface area contributed by atoms with Gasteiger partial charge in [0.2, 0.25) is 0 Å². The number of amides is 1. The molecule has 2 aromatic rings. The second-order valence-corrected chi connectivity index (χ2v) is 5.40. The molecule has 1 amide bonds. The topological polar surface area (TPSA) is 75.5 Å². The quantitative estimate of drug-likeness (QED) is 0.657. The summed E-state index contributed by atoms with van der Waals surface area (Å²) in [6.45, 7) is 0.451. The molecular weight excluding hydrogens is 294 g/mol. The summed E-state index contributed by atoms with van der Waals surface area (Å²) in [5.41, 5.74) is 1.49. The number of likely N-dealkylation sites (N-methyl/N-ethyl adjacent to an activating group) is 1. The van der Waals surface area contributed by atoms with Crippen molar-refractivity contribution in [2.75, 3.05) is 20.6 Å². The van der Waals surface area contributed by atoms with Gasteiger partial charge in [0, 0.05) is 24.2 Å². The molecular formula is C17H19N3O3. The van der Waals surface area contributed by atoms with Crippen LogP contribution in [0.3, 0.4) is 0 Å². The average Bonchev–Trinajstić information content (AvgIpc) is 2.55. The lowest BCUT2D eigenvalue weighted by atomic mass is 10.1. The Morgan fingerprint density at radius 2 is 1.74 bits per heavy atom. The molecule has 0 spiro atoms. The molecule has 0 heterocycles. The first kappa shape index (κ1) is 16.6. The van der Waals surface area contributed by atoms with Gasteiger partial charge in [0.1, 0.15) is 0 Å². The zero-order valence-corrected chi connectivity index (χ0v) is 13.1. The van der Waals surface area contributed by atoms with Crippen LogP contribution in [0.4, 0.5) is 5.69 Å². The van der Waals surface area contributed by atoms with Crippen molar-refractivity contribution < 1.29 is 9.72 Å². The van der Waals surface area contributed by atoms with Crippen LogP contribution in [0.5, 0.6) is 0 Å². The average molecular weight is 313 g/mol. The largest absolute Gasteiger partial charge is 0.350 e. The summed E-state index contributed by atoms with van der Waals surface area (Å²) in [6.07, 6.45) is 0. The van der Waals surface area contributed by atoms with E-state index in [1.165, 1.54) is 24.3 Å². The normalized spacial score (nSPS) is 12.0. The molecule has 0 unspecified atom stereocenters. The van der Waals surface area contributed by atoms with Gasteiger partial charge >= 0.3 is 0 Å². The van der Waals surface area contributed by atoms with E-state index in [0.29, 0.717) is 12.1 Å². The van der Waals surface area contributed by atoms with Crippen LogP contribution in [0.1, 0.15) is 22.0 Å². The maximum Gasteiger partial charge on any atom is 0.269 e. The molecule has 23 heavy (non-hydrogen) atoms. The number of hydrogen-bond donors (Lipinski definition) is 1. The molecule has 0 fully saturated rings. The number of non-ortho nitro benzene ring substituents is 1. The summed E-state index contributed by atoms with van der Waals surface area (Å²) in [4.78, 5) is 24.4. The van der Waals surface area contributed by atoms with Crippen LogP contribution >= 0.6 is 0 Å². The van der Waals surface area contributed by atoms with E-state index in [2.05, 4.69) is 5.32 Å². The van der Waals surface area contributed by atoms with E-state index in [9.17, 15) is 14.9 Å². The van der Waals surface area contributed by atoms with Gasteiger partial charge in [-0.2, -0.15) is 0 Å². The van der Waals surface area contributed by atoms with Gasteiger partial charge in [-0.15, -0.1) is 0 Å². The van der Waals surface area contributed by atoms with Crippen LogP contribution in [-0.2, 0) is 0 Å². The van der Waals surface area contributed by atoms with E-state index in [0.717, 1.165) is 5.56 Å². The zero-order chi connectivity index (χ0) is 16.8. The highest BCUT2D eigenvalue weighted by Gasteiger charge is 2.16. The number of carbonyl (C=O) groups is 1. The van der Waals surface area contributed by atoms with E-state index >= 15 is 0 Å². The van der Waals surface area contributed by atoms with Crippen LogP contribution in [-0.4, -0.2) is 36.4 Å². The number of nitro groups is 1. The lowest BCUT2D eigenvalue weighted by Crippen LogP contribution is -2.34. The Labute approximate surface area is 134 Å². The van der Waals surface area contributed by atoms with Crippen molar-refractivity contribution in [3.8, 4) is 0 Å². The van der Waals surface area contributed by atoms with Crippen molar-refractivity contribution in [3.63, 3.8) is 0 Å². The predicted molar refractivity (Wildman–Crippen MR) is 88.3 cm³/mol. The standard InChI is InChI=1S/C17H19N3O3/c1-19(2)16(13-6-4-3-5-7-13)12-18-17(21)14-8-10-15(11-9-14)20(22)23/h3-11,16H,12H2,1-2H3,(H,18,21)/t16-/m0/s1. The van der Waals surface area contributed by atoms with Crippen molar-refractivity contribution in [1.82, 2.24) is 10.2 Å². The van der Waals surface area contributed by atoms with Crippen LogP contribution < -0.4 is 5.32 Å². The van der Waals surface area contributed by atoms with Gasteiger partial charge in [0.25, 0.3) is 11.6 Å². The smallest absolute Gasteiger partial charge is 0.269 e. The van der Waals surface area contributed by atoms with Gasteiger partial charge in [-0.25, -0.2) is 0 Å². The Balaban J connectivity index is 2.03. The maximum atomic E-state index is 12.2. The van der Waals surface area contributed by atoms with Crippen molar-refractivity contribution in [3.05, 3.63) is 75.8 Å². The molecule has 0 aliphatic rings. The molecule has 1 atom stereocenters. The van der Waals surface area contributed by atoms with Gasteiger partial charge in [0.15, 0.2) is 0 Å². The van der Waals surface area contributed by atoms with E-state index in [1.54, 1.807) is 0 Å². The minimum absolute atomic E-state index is 0.0306. The fourth-order valence-corrected chi connectivity index (χ4v) is 2.30. The molecule has 0 radical (unpaired) electrons. The van der Waals surface area contributed by atoms with Crippen LogP contribution in [0.25, 0.3) is 0 Å². The SMILES string of the molecule is CN(C)[C@@H](CNC(=O)c1ccc([N+](=O)[O-])cc1)c1ccccc1. The van der Waals surface area contributed by atoms with Crippen molar-refractivity contribution in [2.45, 2.75) is 6.04 Å². The summed E-state index contributed by atoms with van der Waals surface area (Å²) in [5.74, 6) is -0.248. The van der Waals surface area contributed by atoms with Crippen LogP contribution in [0, 0.1) is 10.1 Å². The number of nitro benzene ring substituents is 1. The highest BCUT2D eigenvalue weighted by atomic mass is 16.6. The molecule has 0 aliphatic heterocycles. The number of nitrogens with zero attached hydrogens (tertiary/aromatic N) is 2. The number of hydrogen-bond acceptors (Lipinski definition) is 4. The molecule has 0 bridgehead atoms. The minimum atomic E-state index is -0.487. The molecule has 0 aliphatic carbocycles. The molecule has 2 rings (SSSR count). The number of benzene rings is 2. The van der Waals surface area contributed by atoms with Crippen molar-refractivity contribution >= 4 is 11.6 Å². The van der Waals surface area contributed by atoms with Gasteiger partial charge in [-0.3, -0.25) is 14.9 Å². The van der Waals surface area contributed by atoms with E-state index in [-0.39, 0.29) is 17.6 Å². The summed E-state index contributed by atoms with van der Waals surface area (Å²) < 4.78 is 0. The first-order valence-corrected chi connectivity index (χ1v) is 7.23. The van der Waals surface area contributed by atoms with Gasteiger partial charge in [0.05, 0.1) is 11.0 Å². The zero-order valence-electron chi connectivity index (χ0n) is 13.1. The molecule has 0 saturated carbocycles. The minimum Gasteiger partial charge on any atom is -0.350 e. The van der Waals surface area contributed by atoms with Crippen LogP contribution in [0.15, 0.2) is 54.6 Å². The number of rotatable bonds is 6. The molecule has 120 valence electrons. The predicted octanol–water partition coefficient (Wildman–Crippen LogP) is 2.63. The second-order valence-electron chi connectivity index (χ2n) is 5.40. The molecule has 6 heteroatoms. The van der Waals surface area contributed by atoms with Gasteiger partial charge < -0.3 is 10.2 Å². The second kappa shape index (κ2) is 7.51. The Kier molecular flexibility index (Phi) is 5.43. The first-order chi connectivity index (χ1) is 11.0. The Hall–Kier alpha value is -2.73. The molecule has 0 saturated heterocycles. The summed E-state index contributed by atoms with van der Waals surface area (Å²) in [5, 5.41) is 13.5. The summed E-state index contributed by atoms with van der Waals surface area (Å²) >= 11 is 0. The Morgan fingerprint density at radius 1 is 1.13 bits per heavy atom. The third-order valence-electron chi connectivity index (χ3n) is 3.60. The van der Waals surface area contributed by atoms with E-state index in [4.69, 9.17) is 0 Å². The number of nitrogens with one attached hydrogen (secondary N) is 1. The van der Waals surface area contributed by atoms with Crippen molar-refractivity contribution in [2.24, 2.45) is 0 Å². The number of carbonyl (C=O) groups excluding carboxylic acids is 1. The summed E-state index contributed by atoms with van der Waals surface area (Å²) in [7, 11) is 3.91. The highest BCUT2D eigenvalue weighted by Crippen LogP contribution is 2.17. The first-order valence-electron chi connectivity index (χ1n) is 7.23. The fraction of sp³-hybridized carbons (Fsp3) is 0.235. The third kappa shape index (κ3) is 4.37. The lowest BCUT2D eigenvalue weighted by molar-refractivity contribution is -0.384. The van der Waals surface area contributed by atoms with Crippen LogP contribution in [0.2, 0.25) is 0 Å². The van der Waals surface area contributed by atoms with E-state index < -0.39 is 4.92 Å². The Morgan fingerprint density at radius 3 is 2.26 bits per heavy atom. The molecule has 0 aromatic heterocycles. The summed E-state index contributed by atoms with van der Waals surface area (Å²) in [6, 6.07) is 15.5. The van der Waals surface area contributed by atoms with Gasteiger partial charge in [-0.05, 0) is 31.8 Å². The molecule has 6 nitrogen and oxygen atoms in total. The Bertz CT molecular complexity index is 669. The maximum absolute atomic E-state index is 12.2. The third-order valence-corrected chi connectivity index (χ3v) is 3.60. The van der Waals surface area contributed by atoms with Gasteiger partial charge in [-0.1, -0.05) is 30.3 Å².